The maximum absolute atomic E-state index is 12.7. The Bertz CT molecular complexity index is 269. The molecule has 0 radical (unpaired) electrons. The van der Waals surface area contributed by atoms with Crippen LogP contribution in [0.2, 0.25) is 0 Å². The normalized spacial score (nSPS) is 34.9. The van der Waals surface area contributed by atoms with Crippen LogP contribution in [-0.2, 0) is 0 Å². The second kappa shape index (κ2) is 3.19. The standard InChI is InChI=1S/C9H10FN/c1-7-3-2-4-8(10)9(11)6-5-7/h2-6H,11H2,1H3/b3-2-,4-2?,6-5?,7-3?,7-5+,8-4-,9-6+,9-8?. The van der Waals surface area contributed by atoms with Crippen LogP contribution in [0.5, 0.6) is 0 Å². The van der Waals surface area contributed by atoms with Gasteiger partial charge in [0.15, 0.2) is 0 Å². The first-order valence-corrected chi connectivity index (χ1v) is 3.38. The molecule has 0 saturated heterocycles. The van der Waals surface area contributed by atoms with E-state index in [4.69, 9.17) is 5.73 Å². The minimum atomic E-state index is -0.384. The highest BCUT2D eigenvalue weighted by Gasteiger charge is 1.96. The van der Waals surface area contributed by atoms with Crippen molar-refractivity contribution in [3.8, 4) is 0 Å². The van der Waals surface area contributed by atoms with Gasteiger partial charge in [0.05, 0.1) is 5.70 Å². The van der Waals surface area contributed by atoms with Crippen molar-refractivity contribution in [1.29, 1.82) is 0 Å². The van der Waals surface area contributed by atoms with Crippen molar-refractivity contribution in [2.45, 2.75) is 6.92 Å². The van der Waals surface area contributed by atoms with Crippen molar-refractivity contribution in [2.24, 2.45) is 5.73 Å². The molecule has 0 spiro atoms. The lowest BCUT2D eigenvalue weighted by Crippen LogP contribution is -1.97. The van der Waals surface area contributed by atoms with E-state index in [0.29, 0.717) is 0 Å². The SMILES string of the molecule is CC1=C\C=C(N)/C(F)=C/C=C\1. The van der Waals surface area contributed by atoms with Crippen LogP contribution in [0, 0.1) is 0 Å². The van der Waals surface area contributed by atoms with Crippen molar-refractivity contribution in [2.75, 3.05) is 0 Å². The van der Waals surface area contributed by atoms with Crippen LogP contribution in [0.25, 0.3) is 0 Å². The summed E-state index contributed by atoms with van der Waals surface area (Å²) in [6.07, 6.45) is 8.15. The largest absolute Gasteiger partial charge is 0.396 e. The first-order valence-electron chi connectivity index (χ1n) is 3.38. The summed E-state index contributed by atoms with van der Waals surface area (Å²) in [6, 6.07) is 0. The highest BCUT2D eigenvalue weighted by molar-refractivity contribution is 5.36. The van der Waals surface area contributed by atoms with E-state index >= 15 is 0 Å². The molecule has 0 heterocycles. The Morgan fingerprint density at radius 3 is 2.73 bits per heavy atom. The predicted octanol–water partition coefficient (Wildman–Crippen LogP) is 2.20. The topological polar surface area (TPSA) is 26.0 Å². The maximum Gasteiger partial charge on any atom is 0.146 e. The van der Waals surface area contributed by atoms with E-state index in [1.165, 1.54) is 6.08 Å². The van der Waals surface area contributed by atoms with E-state index in [-0.39, 0.29) is 11.5 Å². The molecule has 0 bridgehead atoms. The van der Waals surface area contributed by atoms with Crippen LogP contribution in [0.1, 0.15) is 6.92 Å². The van der Waals surface area contributed by atoms with E-state index < -0.39 is 0 Å². The van der Waals surface area contributed by atoms with Crippen LogP contribution in [-0.4, -0.2) is 0 Å². The second-order valence-electron chi connectivity index (χ2n) is 2.41. The van der Waals surface area contributed by atoms with Crippen LogP contribution in [0.3, 0.4) is 0 Å². The lowest BCUT2D eigenvalue weighted by Gasteiger charge is -1.97. The average molecular weight is 151 g/mol. The monoisotopic (exact) mass is 151 g/mol. The van der Waals surface area contributed by atoms with Crippen molar-refractivity contribution in [3.05, 3.63) is 47.5 Å². The molecule has 0 aromatic heterocycles. The lowest BCUT2D eigenvalue weighted by molar-refractivity contribution is 0.648. The Kier molecular flexibility index (Phi) is 2.26. The molecule has 0 fully saturated rings. The van der Waals surface area contributed by atoms with Gasteiger partial charge in [-0.05, 0) is 19.1 Å². The zero-order chi connectivity index (χ0) is 8.27. The molecule has 1 aliphatic carbocycles. The van der Waals surface area contributed by atoms with Crippen LogP contribution in [0.15, 0.2) is 47.5 Å². The summed E-state index contributed by atoms with van der Waals surface area (Å²) < 4.78 is 12.7. The van der Waals surface area contributed by atoms with Crippen molar-refractivity contribution in [3.63, 3.8) is 0 Å². The number of hydrogen-bond acceptors (Lipinski definition) is 1. The number of rotatable bonds is 0. The van der Waals surface area contributed by atoms with Gasteiger partial charge in [-0.25, -0.2) is 4.39 Å². The molecule has 58 valence electrons. The van der Waals surface area contributed by atoms with Gasteiger partial charge in [-0.3, -0.25) is 0 Å². The van der Waals surface area contributed by atoms with E-state index in [0.717, 1.165) is 5.57 Å². The van der Waals surface area contributed by atoms with E-state index in [2.05, 4.69) is 0 Å². The minimum absolute atomic E-state index is 0.175. The Balaban J connectivity index is 2.98. The average Bonchev–Trinajstić information content (AvgIpc) is 1.98. The fraction of sp³-hybridized carbons (Fsp3) is 0.111. The lowest BCUT2D eigenvalue weighted by atomic mass is 10.2. The third-order valence-electron chi connectivity index (χ3n) is 1.40. The molecule has 11 heavy (non-hydrogen) atoms. The highest BCUT2D eigenvalue weighted by Crippen LogP contribution is 2.10. The van der Waals surface area contributed by atoms with Gasteiger partial charge in [0, 0.05) is 0 Å². The fourth-order valence-electron chi connectivity index (χ4n) is 0.737. The molecule has 0 unspecified atom stereocenters. The predicted molar refractivity (Wildman–Crippen MR) is 44.4 cm³/mol. The molecule has 0 aromatic carbocycles. The molecular formula is C9H10FN. The van der Waals surface area contributed by atoms with Crippen LogP contribution < -0.4 is 5.73 Å². The molecule has 2 heteroatoms. The van der Waals surface area contributed by atoms with Gasteiger partial charge < -0.3 is 5.73 Å². The van der Waals surface area contributed by atoms with Gasteiger partial charge in [-0.15, -0.1) is 0 Å². The van der Waals surface area contributed by atoms with Gasteiger partial charge >= 0.3 is 0 Å². The molecule has 0 aromatic rings. The van der Waals surface area contributed by atoms with E-state index in [1.807, 2.05) is 13.0 Å². The van der Waals surface area contributed by atoms with Crippen molar-refractivity contribution >= 4 is 0 Å². The second-order valence-corrected chi connectivity index (χ2v) is 2.41. The molecule has 0 atom stereocenters. The fourth-order valence-corrected chi connectivity index (χ4v) is 0.737. The summed E-state index contributed by atoms with van der Waals surface area (Å²) in [6.45, 7) is 1.93. The molecule has 1 rings (SSSR count). The Hall–Kier alpha value is -1.31. The van der Waals surface area contributed by atoms with Gasteiger partial charge in [-0.1, -0.05) is 23.8 Å². The summed E-state index contributed by atoms with van der Waals surface area (Å²) in [7, 11) is 0. The quantitative estimate of drug-likeness (QED) is 0.564. The molecule has 1 nitrogen and oxygen atoms in total. The number of allylic oxidation sites excluding steroid dienone is 7. The molecule has 0 amide bonds. The number of halogens is 1. The van der Waals surface area contributed by atoms with E-state index in [1.54, 1.807) is 18.2 Å². The molecule has 0 aliphatic heterocycles. The Labute approximate surface area is 65.4 Å². The number of nitrogens with two attached hydrogens (primary N) is 1. The van der Waals surface area contributed by atoms with Crippen LogP contribution in [0.4, 0.5) is 4.39 Å². The number of hydrogen-bond donors (Lipinski definition) is 1. The van der Waals surface area contributed by atoms with Gasteiger partial charge in [0.1, 0.15) is 5.83 Å². The van der Waals surface area contributed by atoms with Gasteiger partial charge in [-0.2, -0.15) is 0 Å². The third-order valence-corrected chi connectivity index (χ3v) is 1.40. The van der Waals surface area contributed by atoms with Crippen LogP contribution >= 0.6 is 0 Å². The van der Waals surface area contributed by atoms with Crippen molar-refractivity contribution in [1.82, 2.24) is 0 Å². The first-order chi connectivity index (χ1) is 5.20. The Morgan fingerprint density at radius 2 is 2.00 bits per heavy atom. The zero-order valence-electron chi connectivity index (χ0n) is 6.34. The summed E-state index contributed by atoms with van der Waals surface area (Å²) in [5.41, 5.74) is 6.58. The molecule has 0 saturated carbocycles. The first kappa shape index (κ1) is 7.79. The summed E-state index contributed by atoms with van der Waals surface area (Å²) in [5, 5.41) is 0. The maximum atomic E-state index is 12.7. The highest BCUT2D eigenvalue weighted by atomic mass is 19.1. The Morgan fingerprint density at radius 1 is 1.27 bits per heavy atom. The van der Waals surface area contributed by atoms with Gasteiger partial charge in [0.2, 0.25) is 0 Å². The molecule has 2 N–H and O–H groups in total. The zero-order valence-corrected chi connectivity index (χ0v) is 6.34. The smallest absolute Gasteiger partial charge is 0.146 e. The van der Waals surface area contributed by atoms with Gasteiger partial charge in [0.25, 0.3) is 0 Å². The third kappa shape index (κ3) is 2.08. The van der Waals surface area contributed by atoms with Crippen molar-refractivity contribution < 1.29 is 4.39 Å². The molecular weight excluding hydrogens is 141 g/mol. The minimum Gasteiger partial charge on any atom is -0.396 e. The molecule has 1 aliphatic rings. The summed E-state index contributed by atoms with van der Waals surface area (Å²) in [4.78, 5) is 0. The summed E-state index contributed by atoms with van der Waals surface area (Å²) in [5.74, 6) is -0.384. The summed E-state index contributed by atoms with van der Waals surface area (Å²) >= 11 is 0. The van der Waals surface area contributed by atoms with E-state index in [9.17, 15) is 4.39 Å².